The number of carbonyl (C=O) groups is 1. The molecule has 2 aromatic rings. The second-order valence-corrected chi connectivity index (χ2v) is 6.63. The van der Waals surface area contributed by atoms with Crippen LogP contribution in [-0.4, -0.2) is 30.5 Å². The molecular weight excluding hydrogens is 331 g/mol. The van der Waals surface area contributed by atoms with E-state index in [0.29, 0.717) is 6.61 Å². The van der Waals surface area contributed by atoms with Crippen LogP contribution >= 0.6 is 0 Å². The fraction of sp³-hybridized carbons (Fsp3) is 0.381. The van der Waals surface area contributed by atoms with Crippen LogP contribution in [0.3, 0.4) is 0 Å². The van der Waals surface area contributed by atoms with E-state index < -0.39 is 0 Å². The average molecular weight is 356 g/mol. The van der Waals surface area contributed by atoms with E-state index in [1.54, 1.807) is 0 Å². The third-order valence-corrected chi connectivity index (χ3v) is 4.69. The Morgan fingerprint density at radius 2 is 1.92 bits per heavy atom. The summed E-state index contributed by atoms with van der Waals surface area (Å²) in [5.41, 5.74) is 1.87. The first-order chi connectivity index (χ1) is 12.6. The number of halogens is 1. The molecule has 2 aromatic carbocycles. The highest BCUT2D eigenvalue weighted by Gasteiger charge is 2.25. The Morgan fingerprint density at radius 3 is 2.62 bits per heavy atom. The van der Waals surface area contributed by atoms with Gasteiger partial charge in [0, 0.05) is 24.2 Å². The van der Waals surface area contributed by atoms with Gasteiger partial charge in [-0.15, -0.1) is 0 Å². The Morgan fingerprint density at radius 1 is 1.19 bits per heavy atom. The maximum absolute atomic E-state index is 13.0. The highest BCUT2D eigenvalue weighted by Crippen LogP contribution is 2.23. The predicted octanol–water partition coefficient (Wildman–Crippen LogP) is 4.08. The molecule has 0 saturated carbocycles. The molecule has 0 aliphatic carbocycles. The minimum Gasteiger partial charge on any atom is -0.494 e. The number of likely N-dealkylation sites (tertiary alicyclic amines) is 1. The van der Waals surface area contributed by atoms with Gasteiger partial charge in [-0.05, 0) is 62.7 Å². The number of hydrogen-bond acceptors (Lipinski definition) is 3. The van der Waals surface area contributed by atoms with Crippen LogP contribution in [-0.2, 0) is 11.3 Å². The van der Waals surface area contributed by atoms with Crippen molar-refractivity contribution < 1.29 is 13.9 Å². The topological polar surface area (TPSA) is 41.6 Å². The largest absolute Gasteiger partial charge is 0.494 e. The highest BCUT2D eigenvalue weighted by atomic mass is 19.1. The molecule has 1 aliphatic rings. The van der Waals surface area contributed by atoms with Crippen LogP contribution < -0.4 is 10.1 Å². The van der Waals surface area contributed by atoms with Crippen LogP contribution in [0, 0.1) is 11.7 Å². The zero-order chi connectivity index (χ0) is 18.4. The van der Waals surface area contributed by atoms with Gasteiger partial charge in [-0.2, -0.15) is 0 Å². The maximum Gasteiger partial charge on any atom is 0.227 e. The molecule has 5 heteroatoms. The fourth-order valence-corrected chi connectivity index (χ4v) is 3.28. The molecule has 0 spiro atoms. The van der Waals surface area contributed by atoms with E-state index in [9.17, 15) is 9.18 Å². The molecule has 1 amide bonds. The molecule has 26 heavy (non-hydrogen) atoms. The summed E-state index contributed by atoms with van der Waals surface area (Å²) in [4.78, 5) is 14.8. The Bertz CT molecular complexity index is 725. The number of nitrogens with zero attached hydrogens (tertiary/aromatic N) is 1. The maximum atomic E-state index is 13.0. The number of hydrogen-bond donors (Lipinski definition) is 1. The quantitative estimate of drug-likeness (QED) is 0.848. The van der Waals surface area contributed by atoms with Crippen molar-refractivity contribution in [2.24, 2.45) is 5.92 Å². The van der Waals surface area contributed by atoms with E-state index in [1.807, 2.05) is 43.3 Å². The fourth-order valence-electron chi connectivity index (χ4n) is 3.28. The zero-order valence-corrected chi connectivity index (χ0v) is 15.1. The van der Waals surface area contributed by atoms with Gasteiger partial charge in [-0.1, -0.05) is 18.2 Å². The van der Waals surface area contributed by atoms with Gasteiger partial charge < -0.3 is 10.1 Å². The molecule has 1 heterocycles. The van der Waals surface area contributed by atoms with Crippen molar-refractivity contribution in [3.63, 3.8) is 0 Å². The van der Waals surface area contributed by atoms with E-state index in [1.165, 1.54) is 12.1 Å². The number of nitrogens with one attached hydrogen (secondary N) is 1. The van der Waals surface area contributed by atoms with Gasteiger partial charge in [0.1, 0.15) is 11.6 Å². The Labute approximate surface area is 154 Å². The zero-order valence-electron chi connectivity index (χ0n) is 15.1. The summed E-state index contributed by atoms with van der Waals surface area (Å²) >= 11 is 0. The number of carbonyl (C=O) groups excluding carboxylic acids is 1. The first-order valence-corrected chi connectivity index (χ1v) is 9.14. The molecule has 138 valence electrons. The molecule has 0 unspecified atom stereocenters. The van der Waals surface area contributed by atoms with E-state index in [0.717, 1.165) is 49.5 Å². The van der Waals surface area contributed by atoms with Crippen molar-refractivity contribution in [1.29, 1.82) is 0 Å². The molecule has 0 bridgehead atoms. The lowest BCUT2D eigenvalue weighted by Crippen LogP contribution is -2.37. The molecule has 0 radical (unpaired) electrons. The van der Waals surface area contributed by atoms with Crippen LogP contribution in [0.2, 0.25) is 0 Å². The van der Waals surface area contributed by atoms with E-state index >= 15 is 0 Å². The third kappa shape index (κ3) is 5.05. The molecule has 1 N–H and O–H groups in total. The van der Waals surface area contributed by atoms with Crippen molar-refractivity contribution in [1.82, 2.24) is 4.90 Å². The van der Waals surface area contributed by atoms with Crippen LogP contribution in [0.1, 0.15) is 25.3 Å². The van der Waals surface area contributed by atoms with Crippen molar-refractivity contribution in [3.05, 3.63) is 59.9 Å². The van der Waals surface area contributed by atoms with E-state index in [4.69, 9.17) is 4.74 Å². The lowest BCUT2D eigenvalue weighted by Gasteiger charge is -2.31. The van der Waals surface area contributed by atoms with Crippen LogP contribution in [0.25, 0.3) is 0 Å². The number of rotatable bonds is 6. The van der Waals surface area contributed by atoms with E-state index in [2.05, 4.69) is 10.2 Å². The summed E-state index contributed by atoms with van der Waals surface area (Å²) in [7, 11) is 0. The minimum absolute atomic E-state index is 0.0233. The number of piperidine rings is 1. The van der Waals surface area contributed by atoms with Gasteiger partial charge in [-0.25, -0.2) is 4.39 Å². The van der Waals surface area contributed by atoms with Crippen molar-refractivity contribution in [3.8, 4) is 5.75 Å². The monoisotopic (exact) mass is 356 g/mol. The van der Waals surface area contributed by atoms with Crippen molar-refractivity contribution >= 4 is 11.6 Å². The highest BCUT2D eigenvalue weighted by molar-refractivity contribution is 5.92. The summed E-state index contributed by atoms with van der Waals surface area (Å²) in [6, 6.07) is 14.1. The second kappa shape index (κ2) is 8.81. The SMILES string of the molecule is CCOc1cccc(NC(=O)C2CCN(Cc3ccc(F)cc3)CC2)c1. The first-order valence-electron chi connectivity index (χ1n) is 9.14. The van der Waals surface area contributed by atoms with Gasteiger partial charge in [0.25, 0.3) is 0 Å². The molecular formula is C21H25FN2O2. The molecule has 1 saturated heterocycles. The summed E-state index contributed by atoms with van der Waals surface area (Å²) in [5, 5.41) is 3.00. The molecule has 0 aromatic heterocycles. The van der Waals surface area contributed by atoms with Gasteiger partial charge >= 0.3 is 0 Å². The van der Waals surface area contributed by atoms with Crippen LogP contribution in [0.4, 0.5) is 10.1 Å². The second-order valence-electron chi connectivity index (χ2n) is 6.63. The summed E-state index contributed by atoms with van der Waals surface area (Å²) in [5.74, 6) is 0.646. The summed E-state index contributed by atoms with van der Waals surface area (Å²) in [6.07, 6.45) is 1.66. The smallest absolute Gasteiger partial charge is 0.227 e. The Hall–Kier alpha value is -2.40. The molecule has 0 atom stereocenters. The molecule has 4 nitrogen and oxygen atoms in total. The average Bonchev–Trinajstić information content (AvgIpc) is 2.65. The Balaban J connectivity index is 1.48. The first kappa shape index (κ1) is 18.4. The molecule has 1 aliphatic heterocycles. The summed E-state index contributed by atoms with van der Waals surface area (Å²) < 4.78 is 18.5. The Kier molecular flexibility index (Phi) is 6.23. The van der Waals surface area contributed by atoms with Crippen molar-refractivity contribution in [2.45, 2.75) is 26.3 Å². The molecule has 3 rings (SSSR count). The number of amides is 1. The predicted molar refractivity (Wildman–Crippen MR) is 101 cm³/mol. The van der Waals surface area contributed by atoms with Gasteiger partial charge in [0.15, 0.2) is 0 Å². The number of ether oxygens (including phenoxy) is 1. The summed E-state index contributed by atoms with van der Waals surface area (Å²) in [6.45, 7) is 5.07. The normalized spacial score (nSPS) is 15.6. The van der Waals surface area contributed by atoms with Gasteiger partial charge in [0.05, 0.1) is 6.61 Å². The van der Waals surface area contributed by atoms with Crippen molar-refractivity contribution in [2.75, 3.05) is 25.0 Å². The van der Waals surface area contributed by atoms with Crippen LogP contribution in [0.5, 0.6) is 5.75 Å². The van der Waals surface area contributed by atoms with Gasteiger partial charge in [-0.3, -0.25) is 9.69 Å². The third-order valence-electron chi connectivity index (χ3n) is 4.69. The van der Waals surface area contributed by atoms with Crippen LogP contribution in [0.15, 0.2) is 48.5 Å². The minimum atomic E-state index is -0.211. The standard InChI is InChI=1S/C21H25FN2O2/c1-2-26-20-5-3-4-19(14-20)23-21(25)17-10-12-24(13-11-17)15-16-6-8-18(22)9-7-16/h3-9,14,17H,2,10-13,15H2,1H3,(H,23,25). The van der Waals surface area contributed by atoms with E-state index in [-0.39, 0.29) is 17.6 Å². The lowest BCUT2D eigenvalue weighted by molar-refractivity contribution is -0.121. The number of anilines is 1. The van der Waals surface area contributed by atoms with Gasteiger partial charge in [0.2, 0.25) is 5.91 Å². The lowest BCUT2D eigenvalue weighted by atomic mass is 9.95. The molecule has 1 fully saturated rings. The number of benzene rings is 2.